The number of carbonyl (C=O) groups is 1. The van der Waals surface area contributed by atoms with Crippen molar-refractivity contribution in [2.24, 2.45) is 5.84 Å². The molecule has 0 aromatic carbocycles. The lowest BCUT2D eigenvalue weighted by Crippen LogP contribution is -2.50. The zero-order chi connectivity index (χ0) is 10.1. The number of aliphatic hydroxyl groups excluding tert-OH is 2. The molecule has 6 nitrogen and oxygen atoms in total. The number of nitrogens with two attached hydrogens (primary N) is 1. The Hall–Kier alpha value is -0.950. The zero-order valence-corrected chi connectivity index (χ0v) is 6.90. The van der Waals surface area contributed by atoms with Crippen molar-refractivity contribution >= 4 is 5.91 Å². The first kappa shape index (κ1) is 10.1. The van der Waals surface area contributed by atoms with E-state index < -0.39 is 24.2 Å². The first-order valence-corrected chi connectivity index (χ1v) is 3.78. The first-order chi connectivity index (χ1) is 6.04. The Morgan fingerprint density at radius 1 is 1.85 bits per heavy atom. The van der Waals surface area contributed by atoms with Crippen molar-refractivity contribution in [3.63, 3.8) is 0 Å². The Kier molecular flexibility index (Phi) is 2.67. The van der Waals surface area contributed by atoms with Gasteiger partial charge in [-0.3, -0.25) is 10.2 Å². The standard InChI is InChI=1S/C7H12N2O4/c8-9-6(12)7(13)2-5(11)1-4(7)3-10/h1,5,10-11,13H,2-3,8H2,(H,9,12). The van der Waals surface area contributed by atoms with Gasteiger partial charge in [0.05, 0.1) is 12.7 Å². The fourth-order valence-electron chi connectivity index (χ4n) is 1.40. The molecule has 6 heteroatoms. The highest BCUT2D eigenvalue weighted by molar-refractivity contribution is 5.88. The molecule has 1 aliphatic carbocycles. The van der Waals surface area contributed by atoms with Crippen LogP contribution in [-0.2, 0) is 4.79 Å². The molecule has 0 aromatic rings. The highest BCUT2D eigenvalue weighted by atomic mass is 16.3. The summed E-state index contributed by atoms with van der Waals surface area (Å²) in [6.45, 7) is -0.485. The molecule has 0 radical (unpaired) electrons. The molecule has 1 amide bonds. The molecule has 13 heavy (non-hydrogen) atoms. The van der Waals surface area contributed by atoms with E-state index in [1.165, 1.54) is 6.08 Å². The van der Waals surface area contributed by atoms with E-state index in [0.29, 0.717) is 0 Å². The Bertz CT molecular complexity index is 253. The minimum atomic E-state index is -1.87. The van der Waals surface area contributed by atoms with Gasteiger partial charge in [0.2, 0.25) is 0 Å². The van der Waals surface area contributed by atoms with Crippen LogP contribution in [0.3, 0.4) is 0 Å². The average Bonchev–Trinajstić information content (AvgIpc) is 2.40. The number of amides is 1. The molecule has 0 saturated heterocycles. The Labute approximate surface area is 74.6 Å². The van der Waals surface area contributed by atoms with Gasteiger partial charge in [-0.05, 0) is 5.57 Å². The van der Waals surface area contributed by atoms with Crippen LogP contribution >= 0.6 is 0 Å². The fourth-order valence-corrected chi connectivity index (χ4v) is 1.40. The number of carbonyl (C=O) groups excluding carboxylic acids is 1. The summed E-state index contributed by atoms with van der Waals surface area (Å²) in [6, 6.07) is 0. The molecule has 0 spiro atoms. The molecular formula is C7H12N2O4. The molecule has 0 heterocycles. The number of aliphatic hydroxyl groups is 3. The molecule has 1 aliphatic rings. The molecular weight excluding hydrogens is 176 g/mol. The van der Waals surface area contributed by atoms with Crippen LogP contribution in [0.15, 0.2) is 11.6 Å². The number of hydrazine groups is 1. The van der Waals surface area contributed by atoms with Crippen molar-refractivity contribution in [2.75, 3.05) is 6.61 Å². The van der Waals surface area contributed by atoms with Gasteiger partial charge >= 0.3 is 0 Å². The summed E-state index contributed by atoms with van der Waals surface area (Å²) < 4.78 is 0. The average molecular weight is 188 g/mol. The smallest absolute Gasteiger partial charge is 0.270 e. The van der Waals surface area contributed by atoms with E-state index in [1.807, 2.05) is 0 Å². The van der Waals surface area contributed by atoms with E-state index in [-0.39, 0.29) is 12.0 Å². The van der Waals surface area contributed by atoms with Gasteiger partial charge in [0.15, 0.2) is 5.60 Å². The van der Waals surface area contributed by atoms with Crippen LogP contribution in [-0.4, -0.2) is 39.5 Å². The lowest BCUT2D eigenvalue weighted by atomic mass is 9.95. The fraction of sp³-hybridized carbons (Fsp3) is 0.571. The van der Waals surface area contributed by atoms with E-state index in [4.69, 9.17) is 16.1 Å². The van der Waals surface area contributed by atoms with Crippen LogP contribution in [0.1, 0.15) is 6.42 Å². The van der Waals surface area contributed by atoms with Gasteiger partial charge in [-0.15, -0.1) is 0 Å². The van der Waals surface area contributed by atoms with Crippen LogP contribution in [0.5, 0.6) is 0 Å². The van der Waals surface area contributed by atoms with Crippen molar-refractivity contribution < 1.29 is 20.1 Å². The van der Waals surface area contributed by atoms with E-state index >= 15 is 0 Å². The van der Waals surface area contributed by atoms with Gasteiger partial charge in [-0.1, -0.05) is 6.08 Å². The lowest BCUT2D eigenvalue weighted by Gasteiger charge is -2.23. The van der Waals surface area contributed by atoms with E-state index in [1.54, 1.807) is 5.43 Å². The molecule has 2 atom stereocenters. The number of hydrogen-bond donors (Lipinski definition) is 5. The summed E-state index contributed by atoms with van der Waals surface area (Å²) in [5.74, 6) is 4.02. The Balaban J connectivity index is 2.92. The molecule has 0 aliphatic heterocycles. The summed E-state index contributed by atoms with van der Waals surface area (Å²) in [7, 11) is 0. The number of nitrogens with one attached hydrogen (secondary N) is 1. The second-order valence-electron chi connectivity index (χ2n) is 2.96. The quantitative estimate of drug-likeness (QED) is 0.141. The molecule has 2 unspecified atom stereocenters. The molecule has 0 bridgehead atoms. The van der Waals surface area contributed by atoms with Crippen molar-refractivity contribution in [2.45, 2.75) is 18.1 Å². The third-order valence-electron chi connectivity index (χ3n) is 2.11. The summed E-state index contributed by atoms with van der Waals surface area (Å²) in [4.78, 5) is 11.1. The largest absolute Gasteiger partial charge is 0.392 e. The summed E-state index contributed by atoms with van der Waals surface area (Å²) in [6.07, 6.45) is 0.144. The van der Waals surface area contributed by atoms with Crippen LogP contribution in [0.2, 0.25) is 0 Å². The van der Waals surface area contributed by atoms with Crippen molar-refractivity contribution in [3.05, 3.63) is 11.6 Å². The van der Waals surface area contributed by atoms with Crippen LogP contribution in [0, 0.1) is 0 Å². The van der Waals surface area contributed by atoms with Gasteiger partial charge < -0.3 is 15.3 Å². The van der Waals surface area contributed by atoms with Crippen molar-refractivity contribution in [3.8, 4) is 0 Å². The molecule has 0 saturated carbocycles. The van der Waals surface area contributed by atoms with Gasteiger partial charge in [0, 0.05) is 6.42 Å². The maximum atomic E-state index is 11.1. The first-order valence-electron chi connectivity index (χ1n) is 3.78. The van der Waals surface area contributed by atoms with Crippen molar-refractivity contribution in [1.82, 2.24) is 5.43 Å². The second kappa shape index (κ2) is 3.43. The maximum absolute atomic E-state index is 11.1. The Morgan fingerprint density at radius 3 is 2.92 bits per heavy atom. The predicted molar refractivity (Wildman–Crippen MR) is 43.1 cm³/mol. The highest BCUT2D eigenvalue weighted by Gasteiger charge is 2.45. The third kappa shape index (κ3) is 1.56. The van der Waals surface area contributed by atoms with E-state index in [0.717, 1.165) is 0 Å². The van der Waals surface area contributed by atoms with E-state index in [2.05, 4.69) is 0 Å². The van der Waals surface area contributed by atoms with Crippen LogP contribution < -0.4 is 11.3 Å². The van der Waals surface area contributed by atoms with Gasteiger partial charge in [-0.2, -0.15) is 0 Å². The number of hydrogen-bond acceptors (Lipinski definition) is 5. The van der Waals surface area contributed by atoms with Gasteiger partial charge in [0.25, 0.3) is 5.91 Å². The second-order valence-corrected chi connectivity index (χ2v) is 2.96. The lowest BCUT2D eigenvalue weighted by molar-refractivity contribution is -0.137. The predicted octanol–water partition coefficient (Wildman–Crippen LogP) is -2.61. The van der Waals surface area contributed by atoms with Crippen molar-refractivity contribution in [1.29, 1.82) is 0 Å². The van der Waals surface area contributed by atoms with E-state index in [9.17, 15) is 9.90 Å². The minimum absolute atomic E-state index is 0.0722. The minimum Gasteiger partial charge on any atom is -0.392 e. The van der Waals surface area contributed by atoms with Crippen LogP contribution in [0.4, 0.5) is 0 Å². The topological polar surface area (TPSA) is 116 Å². The SMILES string of the molecule is NNC(=O)C1(O)CC(O)C=C1CO. The molecule has 0 fully saturated rings. The maximum Gasteiger partial charge on any atom is 0.270 e. The van der Waals surface area contributed by atoms with Gasteiger partial charge in [0.1, 0.15) is 0 Å². The Morgan fingerprint density at radius 2 is 2.46 bits per heavy atom. The molecule has 1 rings (SSSR count). The summed E-state index contributed by atoms with van der Waals surface area (Å²) in [5, 5.41) is 27.7. The highest BCUT2D eigenvalue weighted by Crippen LogP contribution is 2.30. The molecule has 74 valence electrons. The molecule has 6 N–H and O–H groups in total. The summed E-state index contributed by atoms with van der Waals surface area (Å²) >= 11 is 0. The zero-order valence-electron chi connectivity index (χ0n) is 6.90. The monoisotopic (exact) mass is 188 g/mol. The van der Waals surface area contributed by atoms with Crippen LogP contribution in [0.25, 0.3) is 0 Å². The molecule has 0 aromatic heterocycles. The summed E-state index contributed by atoms with van der Waals surface area (Å²) in [5.41, 5.74) is -0.0197. The van der Waals surface area contributed by atoms with Gasteiger partial charge in [-0.25, -0.2) is 5.84 Å². The normalized spacial score (nSPS) is 32.9. The number of rotatable bonds is 2. The third-order valence-corrected chi connectivity index (χ3v) is 2.11.